The zero-order valence-corrected chi connectivity index (χ0v) is 12.3. The monoisotopic (exact) mass is 300 g/mol. The van der Waals surface area contributed by atoms with Gasteiger partial charge in [0.05, 0.1) is 19.1 Å². The summed E-state index contributed by atoms with van der Waals surface area (Å²) in [4.78, 5) is 16.3. The zero-order valence-electron chi connectivity index (χ0n) is 12.3. The molecule has 1 amide bonds. The van der Waals surface area contributed by atoms with Crippen molar-refractivity contribution in [3.05, 3.63) is 59.2 Å². The average Bonchev–Trinajstić information content (AvgIpc) is 2.50. The van der Waals surface area contributed by atoms with Crippen molar-refractivity contribution in [1.29, 1.82) is 0 Å². The Labute approximate surface area is 128 Å². The van der Waals surface area contributed by atoms with Crippen LogP contribution in [0.1, 0.15) is 29.2 Å². The number of benzene rings is 1. The van der Waals surface area contributed by atoms with Crippen LogP contribution in [-0.4, -0.2) is 17.5 Å². The SMILES string of the molecule is Cc1cnccc1CC(=O)N[C@@H]1CCOc2ccc(F)cc21. The lowest BCUT2D eigenvalue weighted by Gasteiger charge is -2.26. The molecule has 0 fully saturated rings. The number of halogens is 1. The lowest BCUT2D eigenvalue weighted by atomic mass is 9.99. The molecule has 1 aromatic heterocycles. The van der Waals surface area contributed by atoms with E-state index < -0.39 is 0 Å². The van der Waals surface area contributed by atoms with Gasteiger partial charge in [0.25, 0.3) is 0 Å². The molecule has 4 nitrogen and oxygen atoms in total. The summed E-state index contributed by atoms with van der Waals surface area (Å²) in [5.74, 6) is 0.225. The quantitative estimate of drug-likeness (QED) is 0.948. The molecule has 5 heteroatoms. The molecule has 3 rings (SSSR count). The first kappa shape index (κ1) is 14.5. The van der Waals surface area contributed by atoms with E-state index in [4.69, 9.17) is 4.74 Å². The molecule has 0 spiro atoms. The molecular formula is C17H17FN2O2. The fourth-order valence-corrected chi connectivity index (χ4v) is 2.63. The summed E-state index contributed by atoms with van der Waals surface area (Å²) in [6.07, 6.45) is 4.34. The summed E-state index contributed by atoms with van der Waals surface area (Å²) in [5.41, 5.74) is 2.63. The Kier molecular flexibility index (Phi) is 4.04. The molecule has 1 atom stereocenters. The maximum absolute atomic E-state index is 13.4. The number of aryl methyl sites for hydroxylation is 1. The van der Waals surface area contributed by atoms with E-state index in [-0.39, 0.29) is 24.2 Å². The molecule has 1 N–H and O–H groups in total. The Morgan fingerprint density at radius 2 is 2.32 bits per heavy atom. The molecule has 0 bridgehead atoms. The van der Waals surface area contributed by atoms with Gasteiger partial charge in [-0.3, -0.25) is 9.78 Å². The van der Waals surface area contributed by atoms with Crippen LogP contribution in [0.2, 0.25) is 0 Å². The van der Waals surface area contributed by atoms with Gasteiger partial charge in [0.1, 0.15) is 11.6 Å². The molecule has 2 aromatic rings. The number of carbonyl (C=O) groups excluding carboxylic acids is 1. The van der Waals surface area contributed by atoms with Gasteiger partial charge in [-0.2, -0.15) is 0 Å². The normalized spacial score (nSPS) is 16.5. The van der Waals surface area contributed by atoms with E-state index in [9.17, 15) is 9.18 Å². The highest BCUT2D eigenvalue weighted by molar-refractivity contribution is 5.79. The smallest absolute Gasteiger partial charge is 0.224 e. The Morgan fingerprint density at radius 3 is 3.14 bits per heavy atom. The van der Waals surface area contributed by atoms with Gasteiger partial charge < -0.3 is 10.1 Å². The van der Waals surface area contributed by atoms with Crippen molar-refractivity contribution in [2.45, 2.75) is 25.8 Å². The van der Waals surface area contributed by atoms with Gasteiger partial charge in [0.15, 0.2) is 0 Å². The highest BCUT2D eigenvalue weighted by atomic mass is 19.1. The van der Waals surface area contributed by atoms with Crippen molar-refractivity contribution in [2.75, 3.05) is 6.61 Å². The summed E-state index contributed by atoms with van der Waals surface area (Å²) < 4.78 is 18.9. The number of rotatable bonds is 3. The van der Waals surface area contributed by atoms with Crippen LogP contribution < -0.4 is 10.1 Å². The first-order chi connectivity index (χ1) is 10.6. The first-order valence-electron chi connectivity index (χ1n) is 7.24. The van der Waals surface area contributed by atoms with Gasteiger partial charge in [0, 0.05) is 24.4 Å². The minimum Gasteiger partial charge on any atom is -0.493 e. The van der Waals surface area contributed by atoms with Crippen LogP contribution in [0.4, 0.5) is 4.39 Å². The van der Waals surface area contributed by atoms with Crippen LogP contribution in [0, 0.1) is 12.7 Å². The molecule has 1 aliphatic rings. The summed E-state index contributed by atoms with van der Waals surface area (Å²) >= 11 is 0. The predicted octanol–water partition coefficient (Wildman–Crippen LogP) is 2.71. The molecule has 0 aliphatic carbocycles. The number of hydrogen-bond acceptors (Lipinski definition) is 3. The van der Waals surface area contributed by atoms with E-state index in [0.29, 0.717) is 24.3 Å². The van der Waals surface area contributed by atoms with Crippen LogP contribution in [0.5, 0.6) is 5.75 Å². The number of aromatic nitrogens is 1. The van der Waals surface area contributed by atoms with Crippen LogP contribution in [0.3, 0.4) is 0 Å². The van der Waals surface area contributed by atoms with E-state index in [1.54, 1.807) is 18.5 Å². The van der Waals surface area contributed by atoms with Crippen LogP contribution in [-0.2, 0) is 11.2 Å². The molecule has 0 saturated heterocycles. The molecule has 0 radical (unpaired) electrons. The van der Waals surface area contributed by atoms with Gasteiger partial charge in [-0.25, -0.2) is 4.39 Å². The maximum Gasteiger partial charge on any atom is 0.224 e. The minimum absolute atomic E-state index is 0.0867. The average molecular weight is 300 g/mol. The number of fused-ring (bicyclic) bond motifs is 1. The lowest BCUT2D eigenvalue weighted by Crippen LogP contribution is -2.33. The number of nitrogens with one attached hydrogen (secondary N) is 1. The summed E-state index contributed by atoms with van der Waals surface area (Å²) in [6, 6.07) is 6.03. The van der Waals surface area contributed by atoms with E-state index in [1.165, 1.54) is 12.1 Å². The molecule has 0 unspecified atom stereocenters. The van der Waals surface area contributed by atoms with Crippen molar-refractivity contribution >= 4 is 5.91 Å². The number of amides is 1. The van der Waals surface area contributed by atoms with Crippen molar-refractivity contribution in [1.82, 2.24) is 10.3 Å². The van der Waals surface area contributed by atoms with E-state index in [1.807, 2.05) is 13.0 Å². The number of ether oxygens (including phenoxy) is 1. The highest BCUT2D eigenvalue weighted by Crippen LogP contribution is 2.32. The van der Waals surface area contributed by atoms with E-state index >= 15 is 0 Å². The molecule has 1 aliphatic heterocycles. The molecular weight excluding hydrogens is 283 g/mol. The molecule has 0 saturated carbocycles. The first-order valence-corrected chi connectivity index (χ1v) is 7.24. The maximum atomic E-state index is 13.4. The highest BCUT2D eigenvalue weighted by Gasteiger charge is 2.23. The third-order valence-electron chi connectivity index (χ3n) is 3.83. The van der Waals surface area contributed by atoms with E-state index in [0.717, 1.165) is 11.1 Å². The largest absolute Gasteiger partial charge is 0.493 e. The second-order valence-corrected chi connectivity index (χ2v) is 5.42. The topological polar surface area (TPSA) is 51.2 Å². The second-order valence-electron chi connectivity index (χ2n) is 5.42. The number of nitrogens with zero attached hydrogens (tertiary/aromatic N) is 1. The summed E-state index contributed by atoms with van der Waals surface area (Å²) in [5, 5.41) is 2.97. The Bertz CT molecular complexity index is 703. The van der Waals surface area contributed by atoms with Gasteiger partial charge in [-0.05, 0) is 42.3 Å². The fraction of sp³-hybridized carbons (Fsp3) is 0.294. The third kappa shape index (κ3) is 3.08. The summed E-state index contributed by atoms with van der Waals surface area (Å²) in [6.45, 7) is 2.44. The molecule has 2 heterocycles. The Hall–Kier alpha value is -2.43. The minimum atomic E-state index is -0.325. The second kappa shape index (κ2) is 6.13. The number of pyridine rings is 1. The molecule has 1 aromatic carbocycles. The Balaban J connectivity index is 1.73. The fourth-order valence-electron chi connectivity index (χ4n) is 2.63. The lowest BCUT2D eigenvalue weighted by molar-refractivity contribution is -0.121. The van der Waals surface area contributed by atoms with Gasteiger partial charge in [-0.1, -0.05) is 0 Å². The van der Waals surface area contributed by atoms with Crippen LogP contribution in [0.15, 0.2) is 36.7 Å². The van der Waals surface area contributed by atoms with Crippen LogP contribution in [0.25, 0.3) is 0 Å². The van der Waals surface area contributed by atoms with Crippen LogP contribution >= 0.6 is 0 Å². The Morgan fingerprint density at radius 1 is 1.45 bits per heavy atom. The van der Waals surface area contributed by atoms with Gasteiger partial charge >= 0.3 is 0 Å². The zero-order chi connectivity index (χ0) is 15.5. The summed E-state index contributed by atoms with van der Waals surface area (Å²) in [7, 11) is 0. The van der Waals surface area contributed by atoms with Gasteiger partial charge in [-0.15, -0.1) is 0 Å². The molecule has 22 heavy (non-hydrogen) atoms. The van der Waals surface area contributed by atoms with E-state index in [2.05, 4.69) is 10.3 Å². The standard InChI is InChI=1S/C17H17FN2O2/c1-11-10-19-6-4-12(11)8-17(21)20-15-5-7-22-16-3-2-13(18)9-14(15)16/h2-4,6,9-10,15H,5,7-8H2,1H3,(H,20,21)/t15-/m1/s1. The van der Waals surface area contributed by atoms with Gasteiger partial charge in [0.2, 0.25) is 5.91 Å². The molecule has 114 valence electrons. The van der Waals surface area contributed by atoms with Crippen molar-refractivity contribution in [2.24, 2.45) is 0 Å². The number of hydrogen-bond donors (Lipinski definition) is 1. The van der Waals surface area contributed by atoms with Crippen molar-refractivity contribution in [3.8, 4) is 5.75 Å². The number of carbonyl (C=O) groups is 1. The predicted molar refractivity (Wildman–Crippen MR) is 80.1 cm³/mol. The van der Waals surface area contributed by atoms with Crippen molar-refractivity contribution in [3.63, 3.8) is 0 Å². The van der Waals surface area contributed by atoms with Crippen molar-refractivity contribution < 1.29 is 13.9 Å². The third-order valence-corrected chi connectivity index (χ3v) is 3.83.